The molecule has 2 aliphatic carbocycles. The maximum absolute atomic E-state index is 6.26. The van der Waals surface area contributed by atoms with E-state index in [0.717, 1.165) is 11.7 Å². The fourth-order valence-corrected chi connectivity index (χ4v) is 3.07. The molecule has 2 fully saturated rings. The van der Waals surface area contributed by atoms with Gasteiger partial charge in [0.05, 0.1) is 6.04 Å². The third-order valence-corrected chi connectivity index (χ3v) is 4.02. The summed E-state index contributed by atoms with van der Waals surface area (Å²) in [7, 11) is 1.86. The first-order valence-corrected chi connectivity index (χ1v) is 5.22. The summed E-state index contributed by atoms with van der Waals surface area (Å²) in [5.74, 6) is 1.68. The van der Waals surface area contributed by atoms with Crippen LogP contribution in [0.25, 0.3) is 0 Å². The number of hydrogen-bond donors (Lipinski definition) is 1. The van der Waals surface area contributed by atoms with Crippen LogP contribution < -0.4 is 5.73 Å². The number of aryl methyl sites for hydroxylation is 1. The molecule has 2 aliphatic rings. The summed E-state index contributed by atoms with van der Waals surface area (Å²) in [6.07, 6.45) is 5.20. The standard InChI is InChI=1S/C9H15N5/c1-14-8(11-12-13-14)7(10)9-4-2-3-6(9)5-9/h6-7H,2-5,10H2,1H3. The maximum Gasteiger partial charge on any atom is 0.168 e. The van der Waals surface area contributed by atoms with E-state index in [2.05, 4.69) is 15.5 Å². The Labute approximate surface area is 82.7 Å². The van der Waals surface area contributed by atoms with E-state index < -0.39 is 0 Å². The van der Waals surface area contributed by atoms with Crippen LogP contribution in [-0.4, -0.2) is 20.2 Å². The molecule has 5 nitrogen and oxygen atoms in total. The second kappa shape index (κ2) is 2.53. The highest BCUT2D eigenvalue weighted by Crippen LogP contribution is 2.68. The topological polar surface area (TPSA) is 69.6 Å². The molecule has 5 heteroatoms. The van der Waals surface area contributed by atoms with Crippen LogP contribution in [0.3, 0.4) is 0 Å². The van der Waals surface area contributed by atoms with Crippen LogP contribution >= 0.6 is 0 Å². The maximum atomic E-state index is 6.26. The normalized spacial score (nSPS) is 36.9. The van der Waals surface area contributed by atoms with E-state index in [0.29, 0.717) is 5.41 Å². The van der Waals surface area contributed by atoms with Gasteiger partial charge in [0.1, 0.15) is 0 Å². The molecule has 0 radical (unpaired) electrons. The lowest BCUT2D eigenvalue weighted by Gasteiger charge is -2.19. The van der Waals surface area contributed by atoms with Gasteiger partial charge in [-0.15, -0.1) is 5.10 Å². The van der Waals surface area contributed by atoms with Gasteiger partial charge in [0, 0.05) is 7.05 Å². The van der Waals surface area contributed by atoms with E-state index in [9.17, 15) is 0 Å². The fraction of sp³-hybridized carbons (Fsp3) is 0.889. The largest absolute Gasteiger partial charge is 0.321 e. The van der Waals surface area contributed by atoms with Crippen molar-refractivity contribution in [3.8, 4) is 0 Å². The predicted molar refractivity (Wildman–Crippen MR) is 50.1 cm³/mol. The molecule has 3 atom stereocenters. The average Bonchev–Trinajstić information content (AvgIpc) is 2.59. The second-order valence-corrected chi connectivity index (χ2v) is 4.66. The number of nitrogens with zero attached hydrogens (tertiary/aromatic N) is 4. The van der Waals surface area contributed by atoms with Gasteiger partial charge in [0.15, 0.2) is 5.82 Å². The molecule has 0 aliphatic heterocycles. The van der Waals surface area contributed by atoms with E-state index in [-0.39, 0.29) is 6.04 Å². The first-order chi connectivity index (χ1) is 6.74. The molecule has 0 aromatic carbocycles. The second-order valence-electron chi connectivity index (χ2n) is 4.66. The average molecular weight is 193 g/mol. The van der Waals surface area contributed by atoms with Crippen LogP contribution in [0, 0.1) is 11.3 Å². The molecule has 0 spiro atoms. The lowest BCUT2D eigenvalue weighted by atomic mass is 9.93. The number of aromatic nitrogens is 4. The number of nitrogens with two attached hydrogens (primary N) is 1. The van der Waals surface area contributed by atoms with E-state index in [1.54, 1.807) is 4.68 Å². The molecule has 1 aromatic heterocycles. The summed E-state index contributed by atoms with van der Waals surface area (Å²) in [4.78, 5) is 0. The van der Waals surface area contributed by atoms with Crippen LogP contribution in [0.4, 0.5) is 0 Å². The van der Waals surface area contributed by atoms with Gasteiger partial charge in [-0.1, -0.05) is 6.42 Å². The molecule has 0 saturated heterocycles. The van der Waals surface area contributed by atoms with Crippen molar-refractivity contribution in [3.05, 3.63) is 5.82 Å². The molecule has 0 amide bonds. The summed E-state index contributed by atoms with van der Waals surface area (Å²) in [6.45, 7) is 0. The minimum absolute atomic E-state index is 0.0370. The molecular formula is C9H15N5. The highest BCUT2D eigenvalue weighted by atomic mass is 15.5. The smallest absolute Gasteiger partial charge is 0.168 e. The van der Waals surface area contributed by atoms with Crippen LogP contribution in [0.15, 0.2) is 0 Å². The summed E-state index contributed by atoms with van der Waals surface area (Å²) in [5.41, 5.74) is 6.61. The van der Waals surface area contributed by atoms with Crippen molar-refractivity contribution in [2.75, 3.05) is 0 Å². The van der Waals surface area contributed by atoms with Crippen molar-refractivity contribution in [2.45, 2.75) is 31.7 Å². The minimum Gasteiger partial charge on any atom is -0.321 e. The molecule has 14 heavy (non-hydrogen) atoms. The van der Waals surface area contributed by atoms with Gasteiger partial charge >= 0.3 is 0 Å². The fourth-order valence-electron chi connectivity index (χ4n) is 3.07. The van der Waals surface area contributed by atoms with Gasteiger partial charge in [-0.05, 0) is 41.0 Å². The number of hydrogen-bond acceptors (Lipinski definition) is 4. The quantitative estimate of drug-likeness (QED) is 0.738. The molecule has 0 bridgehead atoms. The molecule has 2 saturated carbocycles. The van der Waals surface area contributed by atoms with Crippen molar-refractivity contribution >= 4 is 0 Å². The molecule has 1 aromatic rings. The monoisotopic (exact) mass is 193 g/mol. The Morgan fingerprint density at radius 1 is 1.64 bits per heavy atom. The van der Waals surface area contributed by atoms with Crippen molar-refractivity contribution in [2.24, 2.45) is 24.1 Å². The van der Waals surface area contributed by atoms with Crippen molar-refractivity contribution in [1.82, 2.24) is 20.2 Å². The van der Waals surface area contributed by atoms with E-state index in [1.165, 1.54) is 25.7 Å². The Bertz CT molecular complexity index is 360. The Hall–Kier alpha value is -0.970. The predicted octanol–water partition coefficient (Wildman–Crippen LogP) is 0.400. The Morgan fingerprint density at radius 2 is 2.50 bits per heavy atom. The van der Waals surface area contributed by atoms with Crippen LogP contribution in [0.2, 0.25) is 0 Å². The molecule has 3 rings (SSSR count). The summed E-state index contributed by atoms with van der Waals surface area (Å²) in [5, 5.41) is 11.5. The summed E-state index contributed by atoms with van der Waals surface area (Å²) >= 11 is 0. The van der Waals surface area contributed by atoms with Gasteiger partial charge in [-0.3, -0.25) is 0 Å². The molecular weight excluding hydrogens is 178 g/mol. The zero-order valence-corrected chi connectivity index (χ0v) is 8.35. The zero-order valence-electron chi connectivity index (χ0n) is 8.35. The molecule has 1 heterocycles. The lowest BCUT2D eigenvalue weighted by Crippen LogP contribution is -2.26. The lowest BCUT2D eigenvalue weighted by molar-refractivity contribution is 0.365. The van der Waals surface area contributed by atoms with Crippen LogP contribution in [0.5, 0.6) is 0 Å². The Morgan fingerprint density at radius 3 is 3.00 bits per heavy atom. The molecule has 3 unspecified atom stereocenters. The SMILES string of the molecule is Cn1nnnc1C(N)C12CCCC1C2. The Kier molecular flexibility index (Phi) is 1.51. The van der Waals surface area contributed by atoms with Gasteiger partial charge in [-0.25, -0.2) is 4.68 Å². The van der Waals surface area contributed by atoms with Crippen molar-refractivity contribution in [1.29, 1.82) is 0 Å². The first kappa shape index (κ1) is 8.35. The first-order valence-electron chi connectivity index (χ1n) is 5.22. The molecule has 2 N–H and O–H groups in total. The van der Waals surface area contributed by atoms with E-state index in [1.807, 2.05) is 7.05 Å². The van der Waals surface area contributed by atoms with Gasteiger partial charge in [0.25, 0.3) is 0 Å². The summed E-state index contributed by atoms with van der Waals surface area (Å²) < 4.78 is 1.70. The van der Waals surface area contributed by atoms with Crippen LogP contribution in [-0.2, 0) is 7.05 Å². The van der Waals surface area contributed by atoms with Gasteiger partial charge < -0.3 is 5.73 Å². The summed E-state index contributed by atoms with van der Waals surface area (Å²) in [6, 6.07) is 0.0370. The third kappa shape index (κ3) is 0.904. The third-order valence-electron chi connectivity index (χ3n) is 4.02. The number of rotatable bonds is 2. The highest BCUT2D eigenvalue weighted by Gasteiger charge is 2.61. The number of tetrazole rings is 1. The minimum atomic E-state index is 0.0370. The van der Waals surface area contributed by atoms with Crippen LogP contribution in [0.1, 0.15) is 37.5 Å². The zero-order chi connectivity index (χ0) is 9.76. The Balaban J connectivity index is 1.90. The molecule has 76 valence electrons. The van der Waals surface area contributed by atoms with E-state index in [4.69, 9.17) is 5.73 Å². The van der Waals surface area contributed by atoms with E-state index >= 15 is 0 Å². The highest BCUT2D eigenvalue weighted by molar-refractivity contribution is 5.16. The van der Waals surface area contributed by atoms with Crippen molar-refractivity contribution < 1.29 is 0 Å². The van der Waals surface area contributed by atoms with Gasteiger partial charge in [-0.2, -0.15) is 0 Å². The van der Waals surface area contributed by atoms with Crippen molar-refractivity contribution in [3.63, 3.8) is 0 Å². The number of fused-ring (bicyclic) bond motifs is 1. The van der Waals surface area contributed by atoms with Gasteiger partial charge in [0.2, 0.25) is 0 Å².